The third kappa shape index (κ3) is 5.39. The smallest absolute Gasteiger partial charge is 0.311 e. The van der Waals surface area contributed by atoms with Gasteiger partial charge in [-0.1, -0.05) is 6.07 Å². The SMILES string of the molecule is COc1cc([N+](=O)[O-])ccc1N1C[C@@H](C(=O)OCC(=O)Nc2cccc([N+](=O)[O-])c2)CC1=O. The molecule has 1 saturated heterocycles. The van der Waals surface area contributed by atoms with E-state index in [9.17, 15) is 34.6 Å². The number of ether oxygens (including phenoxy) is 2. The zero-order valence-corrected chi connectivity index (χ0v) is 17.3. The molecule has 1 fully saturated rings. The van der Waals surface area contributed by atoms with E-state index in [0.717, 1.165) is 6.07 Å². The van der Waals surface area contributed by atoms with Gasteiger partial charge in [-0.3, -0.25) is 34.6 Å². The van der Waals surface area contributed by atoms with Crippen LogP contribution in [0.1, 0.15) is 6.42 Å². The summed E-state index contributed by atoms with van der Waals surface area (Å²) in [5.74, 6) is -2.65. The molecule has 3 rings (SSSR count). The molecular weight excluding hydrogens is 440 g/mol. The average molecular weight is 458 g/mol. The third-order valence-electron chi connectivity index (χ3n) is 4.81. The number of rotatable bonds is 8. The van der Waals surface area contributed by atoms with Gasteiger partial charge in [-0.25, -0.2) is 0 Å². The van der Waals surface area contributed by atoms with E-state index in [2.05, 4.69) is 5.32 Å². The molecule has 0 spiro atoms. The number of nitro benzene ring substituents is 2. The van der Waals surface area contributed by atoms with E-state index >= 15 is 0 Å². The van der Waals surface area contributed by atoms with Crippen LogP contribution in [0.25, 0.3) is 0 Å². The van der Waals surface area contributed by atoms with E-state index in [1.165, 1.54) is 48.4 Å². The fraction of sp³-hybridized carbons (Fsp3) is 0.250. The Hall–Kier alpha value is -4.55. The maximum atomic E-state index is 12.4. The molecular formula is C20H18N4O9. The molecule has 172 valence electrons. The van der Waals surface area contributed by atoms with Crippen molar-refractivity contribution in [3.8, 4) is 5.75 Å². The van der Waals surface area contributed by atoms with E-state index in [1.54, 1.807) is 0 Å². The van der Waals surface area contributed by atoms with Crippen LogP contribution < -0.4 is 15.0 Å². The number of nitrogens with one attached hydrogen (secondary N) is 1. The van der Waals surface area contributed by atoms with E-state index < -0.39 is 40.2 Å². The summed E-state index contributed by atoms with van der Waals surface area (Å²) in [5.41, 5.74) is 0.00791. The highest BCUT2D eigenvalue weighted by molar-refractivity contribution is 6.01. The van der Waals surface area contributed by atoms with Crippen LogP contribution >= 0.6 is 0 Å². The molecule has 1 N–H and O–H groups in total. The normalized spacial score (nSPS) is 15.1. The number of non-ortho nitro benzene ring substituents is 2. The van der Waals surface area contributed by atoms with Gasteiger partial charge in [0.25, 0.3) is 17.3 Å². The van der Waals surface area contributed by atoms with Crippen LogP contribution in [0.5, 0.6) is 5.75 Å². The molecule has 2 aromatic carbocycles. The van der Waals surface area contributed by atoms with Crippen molar-refractivity contribution in [2.75, 3.05) is 30.5 Å². The minimum Gasteiger partial charge on any atom is -0.494 e. The van der Waals surface area contributed by atoms with Gasteiger partial charge in [-0.05, 0) is 12.1 Å². The van der Waals surface area contributed by atoms with Gasteiger partial charge in [0.2, 0.25) is 5.91 Å². The van der Waals surface area contributed by atoms with Gasteiger partial charge in [0.1, 0.15) is 5.75 Å². The Morgan fingerprint density at radius 3 is 2.48 bits per heavy atom. The van der Waals surface area contributed by atoms with E-state index in [4.69, 9.17) is 9.47 Å². The molecule has 1 aliphatic heterocycles. The summed E-state index contributed by atoms with van der Waals surface area (Å²) in [4.78, 5) is 58.6. The maximum absolute atomic E-state index is 12.4. The molecule has 1 aliphatic rings. The molecule has 0 aromatic heterocycles. The van der Waals surface area contributed by atoms with Gasteiger partial charge in [0.15, 0.2) is 6.61 Å². The fourth-order valence-electron chi connectivity index (χ4n) is 3.25. The second kappa shape index (κ2) is 9.72. The summed E-state index contributed by atoms with van der Waals surface area (Å²) in [6.45, 7) is -0.703. The highest BCUT2D eigenvalue weighted by Crippen LogP contribution is 2.36. The van der Waals surface area contributed by atoms with Gasteiger partial charge >= 0.3 is 5.97 Å². The Morgan fingerprint density at radius 2 is 1.82 bits per heavy atom. The first-order valence-electron chi connectivity index (χ1n) is 9.53. The zero-order chi connectivity index (χ0) is 24.1. The van der Waals surface area contributed by atoms with Gasteiger partial charge in [-0.2, -0.15) is 0 Å². The van der Waals surface area contributed by atoms with Crippen molar-refractivity contribution >= 4 is 40.5 Å². The molecule has 0 bridgehead atoms. The lowest BCUT2D eigenvalue weighted by Crippen LogP contribution is -2.28. The van der Waals surface area contributed by atoms with Gasteiger partial charge in [0.05, 0.1) is 34.6 Å². The van der Waals surface area contributed by atoms with Crippen molar-refractivity contribution in [3.63, 3.8) is 0 Å². The van der Waals surface area contributed by atoms with Crippen molar-refractivity contribution in [2.45, 2.75) is 6.42 Å². The Kier molecular flexibility index (Phi) is 6.81. The first kappa shape index (κ1) is 23.1. The topological polar surface area (TPSA) is 171 Å². The molecule has 33 heavy (non-hydrogen) atoms. The Balaban J connectivity index is 1.59. The number of carbonyl (C=O) groups is 3. The Labute approximate surface area is 186 Å². The summed E-state index contributed by atoms with van der Waals surface area (Å²) in [5, 5.41) is 24.1. The molecule has 0 unspecified atom stereocenters. The third-order valence-corrected chi connectivity index (χ3v) is 4.81. The molecule has 13 nitrogen and oxygen atoms in total. The van der Waals surface area contributed by atoms with Gasteiger partial charge in [0, 0.05) is 36.9 Å². The lowest BCUT2D eigenvalue weighted by atomic mass is 10.1. The van der Waals surface area contributed by atoms with Crippen molar-refractivity contribution in [1.82, 2.24) is 0 Å². The molecule has 0 saturated carbocycles. The Bertz CT molecular complexity index is 1130. The van der Waals surface area contributed by atoms with Gasteiger partial charge < -0.3 is 19.7 Å². The molecule has 2 amide bonds. The molecule has 2 aromatic rings. The number of methoxy groups -OCH3 is 1. The number of nitrogens with zero attached hydrogens (tertiary/aromatic N) is 3. The summed E-state index contributed by atoms with van der Waals surface area (Å²) in [6.07, 6.45) is -0.175. The monoisotopic (exact) mass is 458 g/mol. The van der Waals surface area contributed by atoms with Crippen LogP contribution in [0, 0.1) is 26.1 Å². The van der Waals surface area contributed by atoms with Crippen molar-refractivity contribution in [1.29, 1.82) is 0 Å². The second-order valence-electron chi connectivity index (χ2n) is 6.98. The second-order valence-corrected chi connectivity index (χ2v) is 6.98. The average Bonchev–Trinajstić information content (AvgIpc) is 3.18. The van der Waals surface area contributed by atoms with Gasteiger partial charge in [-0.15, -0.1) is 0 Å². The number of esters is 1. The summed E-state index contributed by atoms with van der Waals surface area (Å²) in [6, 6.07) is 9.00. The summed E-state index contributed by atoms with van der Waals surface area (Å²) >= 11 is 0. The van der Waals surface area contributed by atoms with Crippen molar-refractivity contribution in [3.05, 3.63) is 62.7 Å². The maximum Gasteiger partial charge on any atom is 0.311 e. The van der Waals surface area contributed by atoms with E-state index in [0.29, 0.717) is 0 Å². The molecule has 1 heterocycles. The largest absolute Gasteiger partial charge is 0.494 e. The van der Waals surface area contributed by atoms with Crippen LogP contribution in [0.15, 0.2) is 42.5 Å². The van der Waals surface area contributed by atoms with Crippen LogP contribution in [-0.2, 0) is 19.1 Å². The molecule has 13 heteroatoms. The number of benzene rings is 2. The first-order chi connectivity index (χ1) is 15.7. The number of anilines is 2. The predicted molar refractivity (Wildman–Crippen MR) is 113 cm³/mol. The predicted octanol–water partition coefficient (Wildman–Crippen LogP) is 2.05. The number of carbonyl (C=O) groups excluding carboxylic acids is 3. The fourth-order valence-corrected chi connectivity index (χ4v) is 3.25. The van der Waals surface area contributed by atoms with Crippen molar-refractivity contribution < 1.29 is 33.7 Å². The standard InChI is InChI=1S/C20H18N4O9/c1-32-17-9-15(24(30)31)5-6-16(17)22-10-12(7-19(22)26)20(27)33-11-18(25)21-13-3-2-4-14(8-13)23(28)29/h2-6,8-9,12H,7,10-11H2,1H3,(H,21,25)/t12-/m0/s1. The lowest BCUT2D eigenvalue weighted by molar-refractivity contribution is -0.385. The number of hydrogen-bond donors (Lipinski definition) is 1. The minimum absolute atomic E-state index is 0.0572. The van der Waals surface area contributed by atoms with Crippen LogP contribution in [0.4, 0.5) is 22.7 Å². The minimum atomic E-state index is -0.858. The van der Waals surface area contributed by atoms with Crippen LogP contribution in [-0.4, -0.2) is 47.9 Å². The molecule has 0 radical (unpaired) electrons. The highest BCUT2D eigenvalue weighted by atomic mass is 16.6. The summed E-state index contributed by atoms with van der Waals surface area (Å²) in [7, 11) is 1.30. The number of nitro groups is 2. The van der Waals surface area contributed by atoms with E-state index in [-0.39, 0.29) is 41.5 Å². The highest BCUT2D eigenvalue weighted by Gasteiger charge is 2.37. The number of hydrogen-bond acceptors (Lipinski definition) is 9. The van der Waals surface area contributed by atoms with Crippen LogP contribution in [0.2, 0.25) is 0 Å². The molecule has 0 aliphatic carbocycles. The van der Waals surface area contributed by atoms with Crippen LogP contribution in [0.3, 0.4) is 0 Å². The quantitative estimate of drug-likeness (QED) is 0.353. The zero-order valence-electron chi connectivity index (χ0n) is 17.3. The molecule has 1 atom stereocenters. The first-order valence-corrected chi connectivity index (χ1v) is 9.53. The Morgan fingerprint density at radius 1 is 1.12 bits per heavy atom. The summed E-state index contributed by atoms with van der Waals surface area (Å²) < 4.78 is 10.1. The van der Waals surface area contributed by atoms with E-state index in [1.807, 2.05) is 0 Å². The lowest BCUT2D eigenvalue weighted by Gasteiger charge is -2.19. The van der Waals surface area contributed by atoms with Crippen molar-refractivity contribution in [2.24, 2.45) is 5.92 Å². The number of amides is 2.